The maximum absolute atomic E-state index is 12.3. The van der Waals surface area contributed by atoms with E-state index in [9.17, 15) is 26.4 Å². The summed E-state index contributed by atoms with van der Waals surface area (Å²) in [5.74, 6) is -0.512. The van der Waals surface area contributed by atoms with Gasteiger partial charge in [-0.1, -0.05) is 0 Å². The molecule has 0 aliphatic carbocycles. The van der Waals surface area contributed by atoms with Gasteiger partial charge in [-0.05, 0) is 45.0 Å². The van der Waals surface area contributed by atoms with Gasteiger partial charge in [-0.15, -0.1) is 0 Å². The van der Waals surface area contributed by atoms with Crippen LogP contribution in [0.3, 0.4) is 0 Å². The zero-order valence-corrected chi connectivity index (χ0v) is 13.7. The molecule has 0 saturated carbocycles. The number of benzene rings is 1. The molecule has 1 aromatic carbocycles. The largest absolute Gasteiger partial charge is 0.534 e. The number of rotatable bonds is 2. The van der Waals surface area contributed by atoms with Crippen molar-refractivity contribution in [3.05, 3.63) is 30.5 Å². The van der Waals surface area contributed by atoms with Crippen molar-refractivity contribution < 1.29 is 35.3 Å². The van der Waals surface area contributed by atoms with Crippen molar-refractivity contribution in [1.29, 1.82) is 0 Å². The maximum Gasteiger partial charge on any atom is 0.534 e. The molecule has 1 heterocycles. The van der Waals surface area contributed by atoms with Crippen molar-refractivity contribution in [3.63, 3.8) is 0 Å². The third kappa shape index (κ3) is 3.81. The average molecular weight is 365 g/mol. The Bertz CT molecular complexity index is 878. The number of halogens is 3. The molecule has 2 aromatic rings. The number of fused-ring (bicyclic) bond motifs is 1. The van der Waals surface area contributed by atoms with Gasteiger partial charge in [-0.3, -0.25) is 4.57 Å². The minimum Gasteiger partial charge on any atom is -0.443 e. The number of hydrogen-bond donors (Lipinski definition) is 0. The summed E-state index contributed by atoms with van der Waals surface area (Å²) in [6, 6.07) is 4.79. The molecule has 1 aromatic heterocycles. The highest BCUT2D eigenvalue weighted by Gasteiger charge is 2.48. The Labute approximate surface area is 135 Å². The van der Waals surface area contributed by atoms with E-state index >= 15 is 0 Å². The second-order valence-corrected chi connectivity index (χ2v) is 7.41. The van der Waals surface area contributed by atoms with Crippen LogP contribution in [0.15, 0.2) is 30.5 Å². The molecule has 0 saturated heterocycles. The van der Waals surface area contributed by atoms with E-state index in [0.717, 1.165) is 16.7 Å². The Morgan fingerprint density at radius 2 is 1.75 bits per heavy atom. The predicted molar refractivity (Wildman–Crippen MR) is 79.2 cm³/mol. The summed E-state index contributed by atoms with van der Waals surface area (Å²) < 4.78 is 69.4. The average Bonchev–Trinajstić information content (AvgIpc) is 2.77. The number of ether oxygens (including phenoxy) is 1. The van der Waals surface area contributed by atoms with E-state index in [1.807, 2.05) is 0 Å². The fourth-order valence-electron chi connectivity index (χ4n) is 1.82. The lowest BCUT2D eigenvalue weighted by atomic mass is 10.2. The van der Waals surface area contributed by atoms with Crippen LogP contribution in [0.2, 0.25) is 0 Å². The normalized spacial score (nSPS) is 13.1. The molecule has 0 aliphatic rings. The molecule has 0 spiro atoms. The van der Waals surface area contributed by atoms with E-state index in [2.05, 4.69) is 4.18 Å². The van der Waals surface area contributed by atoms with Crippen molar-refractivity contribution in [2.45, 2.75) is 31.9 Å². The highest BCUT2D eigenvalue weighted by Crippen LogP contribution is 2.29. The third-order valence-corrected chi connectivity index (χ3v) is 3.72. The molecule has 0 aliphatic heterocycles. The number of alkyl halides is 3. The van der Waals surface area contributed by atoms with Crippen LogP contribution < -0.4 is 4.18 Å². The zero-order valence-electron chi connectivity index (χ0n) is 12.9. The van der Waals surface area contributed by atoms with Crippen molar-refractivity contribution >= 4 is 27.1 Å². The van der Waals surface area contributed by atoms with E-state index in [4.69, 9.17) is 4.74 Å². The molecule has 10 heteroatoms. The molecule has 0 bridgehead atoms. The van der Waals surface area contributed by atoms with Crippen LogP contribution in [0.4, 0.5) is 18.0 Å². The van der Waals surface area contributed by atoms with Crippen LogP contribution in [-0.2, 0) is 14.9 Å². The first-order chi connectivity index (χ1) is 10.8. The summed E-state index contributed by atoms with van der Waals surface area (Å²) >= 11 is 0. The Morgan fingerprint density at radius 1 is 1.12 bits per heavy atom. The smallest absolute Gasteiger partial charge is 0.443 e. The lowest BCUT2D eigenvalue weighted by Crippen LogP contribution is -2.28. The standard InChI is InChI=1S/C14H14F3NO5S/c1-13(2,3)22-12(19)18-7-6-9-8-10(4-5-11(9)18)23-24(20,21)14(15,16)17/h4-8H,1-3H3. The lowest BCUT2D eigenvalue weighted by molar-refractivity contribution is -0.0500. The number of nitrogens with zero attached hydrogens (tertiary/aromatic N) is 1. The van der Waals surface area contributed by atoms with Crippen LogP contribution >= 0.6 is 0 Å². The minimum atomic E-state index is -5.75. The van der Waals surface area contributed by atoms with E-state index < -0.39 is 33.1 Å². The second-order valence-electron chi connectivity index (χ2n) is 5.87. The first-order valence-corrected chi connectivity index (χ1v) is 8.06. The van der Waals surface area contributed by atoms with Gasteiger partial charge >= 0.3 is 21.7 Å². The molecule has 0 fully saturated rings. The van der Waals surface area contributed by atoms with Crippen LogP contribution in [0.1, 0.15) is 20.8 Å². The molecule has 0 atom stereocenters. The van der Waals surface area contributed by atoms with Crippen molar-refractivity contribution in [2.24, 2.45) is 0 Å². The van der Waals surface area contributed by atoms with Gasteiger partial charge in [0.25, 0.3) is 0 Å². The van der Waals surface area contributed by atoms with Gasteiger partial charge in [-0.25, -0.2) is 4.79 Å². The molecular formula is C14H14F3NO5S. The van der Waals surface area contributed by atoms with Gasteiger partial charge in [0.05, 0.1) is 5.52 Å². The summed E-state index contributed by atoms with van der Waals surface area (Å²) in [5, 5.41) is 0.315. The van der Waals surface area contributed by atoms with Crippen LogP contribution in [0.5, 0.6) is 5.75 Å². The molecule has 0 amide bonds. The highest BCUT2D eigenvalue weighted by molar-refractivity contribution is 7.88. The van der Waals surface area contributed by atoms with Crippen LogP contribution in [0.25, 0.3) is 10.9 Å². The van der Waals surface area contributed by atoms with E-state index in [1.54, 1.807) is 20.8 Å². The van der Waals surface area contributed by atoms with Gasteiger partial charge in [0.1, 0.15) is 11.4 Å². The molecule has 0 N–H and O–H groups in total. The van der Waals surface area contributed by atoms with Gasteiger partial charge in [-0.2, -0.15) is 21.6 Å². The number of carbonyl (C=O) groups is 1. The summed E-state index contributed by atoms with van der Waals surface area (Å²) in [6.07, 6.45) is 0.690. The van der Waals surface area contributed by atoms with Gasteiger partial charge in [0.15, 0.2) is 0 Å². The monoisotopic (exact) mass is 365 g/mol. The molecule has 2 rings (SSSR count). The third-order valence-electron chi connectivity index (χ3n) is 2.74. The fourth-order valence-corrected chi connectivity index (χ4v) is 2.27. The lowest BCUT2D eigenvalue weighted by Gasteiger charge is -2.19. The summed E-state index contributed by atoms with van der Waals surface area (Å²) in [7, 11) is -5.75. The maximum atomic E-state index is 12.3. The quantitative estimate of drug-likeness (QED) is 0.600. The summed E-state index contributed by atoms with van der Waals surface area (Å²) in [4.78, 5) is 12.0. The SMILES string of the molecule is CC(C)(C)OC(=O)n1ccc2cc(OS(=O)(=O)C(F)(F)F)ccc21. The molecule has 0 radical (unpaired) electrons. The van der Waals surface area contributed by atoms with Gasteiger partial charge < -0.3 is 8.92 Å². The molecule has 6 nitrogen and oxygen atoms in total. The first kappa shape index (κ1) is 18.1. The molecule has 0 unspecified atom stereocenters. The zero-order chi connectivity index (χ0) is 18.3. The van der Waals surface area contributed by atoms with Gasteiger partial charge in [0, 0.05) is 11.6 Å². The Balaban J connectivity index is 2.34. The summed E-state index contributed by atoms with van der Waals surface area (Å²) in [6.45, 7) is 5.06. The van der Waals surface area contributed by atoms with Crippen molar-refractivity contribution in [1.82, 2.24) is 4.57 Å². The van der Waals surface area contributed by atoms with Gasteiger partial charge in [0.2, 0.25) is 0 Å². The van der Waals surface area contributed by atoms with Crippen molar-refractivity contribution in [2.75, 3.05) is 0 Å². The first-order valence-electron chi connectivity index (χ1n) is 6.65. The minimum absolute atomic E-state index is 0.315. The van der Waals surface area contributed by atoms with Crippen LogP contribution in [0, 0.1) is 0 Å². The Hall–Kier alpha value is -2.23. The predicted octanol–water partition coefficient (Wildman–Crippen LogP) is 3.65. The topological polar surface area (TPSA) is 74.6 Å². The molecule has 24 heavy (non-hydrogen) atoms. The van der Waals surface area contributed by atoms with Crippen LogP contribution in [-0.4, -0.2) is 30.2 Å². The Morgan fingerprint density at radius 3 is 2.29 bits per heavy atom. The second kappa shape index (κ2) is 5.69. The van der Waals surface area contributed by atoms with E-state index in [0.29, 0.717) is 10.9 Å². The number of aromatic nitrogens is 1. The number of hydrogen-bond acceptors (Lipinski definition) is 5. The van der Waals surface area contributed by atoms with E-state index in [-0.39, 0.29) is 0 Å². The molecular weight excluding hydrogens is 351 g/mol. The van der Waals surface area contributed by atoms with Crippen molar-refractivity contribution in [3.8, 4) is 5.75 Å². The Kier molecular flexibility index (Phi) is 4.29. The molecule has 132 valence electrons. The van der Waals surface area contributed by atoms with E-state index in [1.165, 1.54) is 18.3 Å². The fraction of sp³-hybridized carbons (Fsp3) is 0.357. The summed E-state index contributed by atoms with van der Waals surface area (Å²) in [5.41, 5.74) is -5.91. The number of carbonyl (C=O) groups excluding carboxylic acids is 1. The highest BCUT2D eigenvalue weighted by atomic mass is 32.2.